The van der Waals surface area contributed by atoms with Crippen LogP contribution in [0.4, 0.5) is 0 Å². The molecule has 126 valence electrons. The summed E-state index contributed by atoms with van der Waals surface area (Å²) in [7, 11) is 0. The van der Waals surface area contributed by atoms with Crippen LogP contribution in [-0.2, 0) is 6.54 Å². The highest BCUT2D eigenvalue weighted by Gasteiger charge is 2.15. The summed E-state index contributed by atoms with van der Waals surface area (Å²) in [6.45, 7) is 9.23. The molecule has 1 saturated heterocycles. The normalized spacial score (nSPS) is 16.9. The monoisotopic (exact) mass is 323 g/mol. The number of rotatable bonds is 5. The molecule has 3 rings (SSSR count). The molecule has 24 heavy (non-hydrogen) atoms. The van der Waals surface area contributed by atoms with Gasteiger partial charge in [0.15, 0.2) is 0 Å². The number of furan rings is 1. The first-order chi connectivity index (χ1) is 11.7. The van der Waals surface area contributed by atoms with Crippen LogP contribution in [0.5, 0.6) is 0 Å². The molecule has 4 heteroatoms. The molecule has 1 aromatic heterocycles. The van der Waals surface area contributed by atoms with Gasteiger partial charge in [-0.25, -0.2) is 0 Å². The number of hydrogen-bond acceptors (Lipinski definition) is 4. The van der Waals surface area contributed by atoms with Gasteiger partial charge in [-0.3, -0.25) is 9.91 Å². The van der Waals surface area contributed by atoms with Crippen LogP contribution in [0.2, 0.25) is 0 Å². The standard InChI is InChI=1S/C20H25N3O/c1-17-5-7-19(8-6-17)16-22-9-11-23(12-10-22)21-15-18(2)14-20-4-3-13-24-20/h3-8,13-15H,9-12,16H2,1-2H3. The first-order valence-corrected chi connectivity index (χ1v) is 8.48. The second kappa shape index (κ2) is 7.97. The first-order valence-electron chi connectivity index (χ1n) is 8.48. The number of piperazine rings is 1. The lowest BCUT2D eigenvalue weighted by Gasteiger charge is -2.33. The molecular formula is C20H25N3O. The minimum Gasteiger partial charge on any atom is -0.465 e. The first kappa shape index (κ1) is 16.5. The van der Waals surface area contributed by atoms with Crippen LogP contribution < -0.4 is 0 Å². The average Bonchev–Trinajstić information content (AvgIpc) is 3.09. The lowest BCUT2D eigenvalue weighted by atomic mass is 10.1. The predicted molar refractivity (Wildman–Crippen MR) is 98.9 cm³/mol. The number of hydrogen-bond donors (Lipinski definition) is 0. The van der Waals surface area contributed by atoms with Gasteiger partial charge in [-0.1, -0.05) is 29.8 Å². The molecule has 2 heterocycles. The van der Waals surface area contributed by atoms with Gasteiger partial charge in [0.2, 0.25) is 0 Å². The Kier molecular flexibility index (Phi) is 5.49. The van der Waals surface area contributed by atoms with Crippen molar-refractivity contribution in [3.63, 3.8) is 0 Å². The van der Waals surface area contributed by atoms with E-state index in [0.717, 1.165) is 44.1 Å². The number of hydrazone groups is 1. The van der Waals surface area contributed by atoms with Gasteiger partial charge in [0.1, 0.15) is 5.76 Å². The quantitative estimate of drug-likeness (QED) is 0.785. The van der Waals surface area contributed by atoms with E-state index >= 15 is 0 Å². The smallest absolute Gasteiger partial charge is 0.126 e. The Morgan fingerprint density at radius 2 is 1.88 bits per heavy atom. The van der Waals surface area contributed by atoms with E-state index < -0.39 is 0 Å². The topological polar surface area (TPSA) is 32.0 Å². The van der Waals surface area contributed by atoms with Gasteiger partial charge in [-0.15, -0.1) is 0 Å². The van der Waals surface area contributed by atoms with E-state index in [-0.39, 0.29) is 0 Å². The van der Waals surface area contributed by atoms with Crippen molar-refractivity contribution in [2.45, 2.75) is 20.4 Å². The summed E-state index contributed by atoms with van der Waals surface area (Å²) in [6, 6.07) is 12.7. The molecule has 0 atom stereocenters. The van der Waals surface area contributed by atoms with Crippen molar-refractivity contribution in [2.75, 3.05) is 26.2 Å². The molecular weight excluding hydrogens is 298 g/mol. The van der Waals surface area contributed by atoms with Crippen LogP contribution in [0.25, 0.3) is 6.08 Å². The molecule has 4 nitrogen and oxygen atoms in total. The third-order valence-electron chi connectivity index (χ3n) is 4.21. The third kappa shape index (κ3) is 4.83. The second-order valence-electron chi connectivity index (χ2n) is 6.36. The Labute approximate surface area is 144 Å². The highest BCUT2D eigenvalue weighted by Crippen LogP contribution is 2.10. The number of benzene rings is 1. The van der Waals surface area contributed by atoms with Crippen molar-refractivity contribution in [3.8, 4) is 0 Å². The second-order valence-corrected chi connectivity index (χ2v) is 6.36. The molecule has 0 bridgehead atoms. The predicted octanol–water partition coefficient (Wildman–Crippen LogP) is 3.79. The number of aryl methyl sites for hydroxylation is 1. The molecule has 1 aromatic carbocycles. The molecule has 1 aliphatic heterocycles. The van der Waals surface area contributed by atoms with Crippen LogP contribution in [0, 0.1) is 6.92 Å². The molecule has 1 fully saturated rings. The van der Waals surface area contributed by atoms with E-state index in [1.54, 1.807) is 6.26 Å². The van der Waals surface area contributed by atoms with Crippen molar-refractivity contribution >= 4 is 12.3 Å². The number of nitrogens with zero attached hydrogens (tertiary/aromatic N) is 3. The summed E-state index contributed by atoms with van der Waals surface area (Å²) in [4.78, 5) is 2.49. The minimum atomic E-state index is 0.863. The van der Waals surface area contributed by atoms with Crippen molar-refractivity contribution in [3.05, 3.63) is 65.1 Å². The zero-order valence-electron chi connectivity index (χ0n) is 14.5. The zero-order valence-corrected chi connectivity index (χ0v) is 14.5. The van der Waals surface area contributed by atoms with Gasteiger partial charge in [-0.2, -0.15) is 5.10 Å². The van der Waals surface area contributed by atoms with Crippen molar-refractivity contribution < 1.29 is 4.42 Å². The SMILES string of the molecule is CC(C=NN1CCN(Cc2ccc(C)cc2)CC1)=Cc1ccco1. The van der Waals surface area contributed by atoms with Gasteiger partial charge in [-0.05, 0) is 43.2 Å². The Hall–Kier alpha value is -2.33. The maximum absolute atomic E-state index is 5.32. The zero-order chi connectivity index (χ0) is 16.8. The molecule has 2 aromatic rings. The largest absolute Gasteiger partial charge is 0.465 e. The van der Waals surface area contributed by atoms with E-state index in [9.17, 15) is 0 Å². The van der Waals surface area contributed by atoms with Gasteiger partial charge in [0.05, 0.1) is 12.5 Å². The molecule has 0 aliphatic carbocycles. The third-order valence-corrected chi connectivity index (χ3v) is 4.21. The van der Waals surface area contributed by atoms with E-state index in [1.165, 1.54) is 11.1 Å². The fourth-order valence-corrected chi connectivity index (χ4v) is 2.77. The fourth-order valence-electron chi connectivity index (χ4n) is 2.77. The van der Waals surface area contributed by atoms with E-state index in [2.05, 4.69) is 46.2 Å². The van der Waals surface area contributed by atoms with E-state index in [1.807, 2.05) is 31.3 Å². The van der Waals surface area contributed by atoms with Crippen LogP contribution >= 0.6 is 0 Å². The summed E-state index contributed by atoms with van der Waals surface area (Å²) in [5, 5.41) is 6.73. The summed E-state index contributed by atoms with van der Waals surface area (Å²) >= 11 is 0. The molecule has 0 saturated carbocycles. The maximum atomic E-state index is 5.32. The molecule has 0 N–H and O–H groups in total. The molecule has 0 unspecified atom stereocenters. The lowest BCUT2D eigenvalue weighted by molar-refractivity contribution is 0.131. The fraction of sp³-hybridized carbons (Fsp3) is 0.350. The van der Waals surface area contributed by atoms with Gasteiger partial charge < -0.3 is 4.42 Å². The van der Waals surface area contributed by atoms with Crippen LogP contribution in [0.15, 0.2) is 57.8 Å². The lowest BCUT2D eigenvalue weighted by Crippen LogP contribution is -2.43. The average molecular weight is 323 g/mol. The van der Waals surface area contributed by atoms with Crippen LogP contribution in [0.3, 0.4) is 0 Å². The van der Waals surface area contributed by atoms with E-state index in [4.69, 9.17) is 4.42 Å². The molecule has 0 radical (unpaired) electrons. The summed E-state index contributed by atoms with van der Waals surface area (Å²) in [5.74, 6) is 0.863. The van der Waals surface area contributed by atoms with Gasteiger partial charge in [0, 0.05) is 32.7 Å². The van der Waals surface area contributed by atoms with Crippen molar-refractivity contribution in [1.82, 2.24) is 9.91 Å². The highest BCUT2D eigenvalue weighted by molar-refractivity contribution is 5.83. The molecule has 1 aliphatic rings. The summed E-state index contributed by atoms with van der Waals surface area (Å²) in [5.41, 5.74) is 3.79. The maximum Gasteiger partial charge on any atom is 0.126 e. The Morgan fingerprint density at radius 1 is 1.12 bits per heavy atom. The van der Waals surface area contributed by atoms with E-state index in [0.29, 0.717) is 0 Å². The molecule has 0 spiro atoms. The Balaban J connectivity index is 1.46. The van der Waals surface area contributed by atoms with Gasteiger partial charge >= 0.3 is 0 Å². The Morgan fingerprint density at radius 3 is 2.54 bits per heavy atom. The summed E-state index contributed by atoms with van der Waals surface area (Å²) < 4.78 is 5.32. The van der Waals surface area contributed by atoms with Crippen LogP contribution in [-0.4, -0.2) is 42.3 Å². The molecule has 0 amide bonds. The van der Waals surface area contributed by atoms with Crippen molar-refractivity contribution in [2.24, 2.45) is 5.10 Å². The van der Waals surface area contributed by atoms with Crippen LogP contribution in [0.1, 0.15) is 23.8 Å². The Bertz CT molecular complexity index is 678. The number of allylic oxidation sites excluding steroid dienone is 1. The van der Waals surface area contributed by atoms with Crippen molar-refractivity contribution in [1.29, 1.82) is 0 Å². The highest BCUT2D eigenvalue weighted by atomic mass is 16.3. The minimum absolute atomic E-state index is 0.863. The summed E-state index contributed by atoms with van der Waals surface area (Å²) in [6.07, 6.45) is 5.60. The van der Waals surface area contributed by atoms with Gasteiger partial charge in [0.25, 0.3) is 0 Å².